The number of piperidine rings is 1. The van der Waals surface area contributed by atoms with Crippen LogP contribution in [-0.2, 0) is 0 Å². The van der Waals surface area contributed by atoms with Gasteiger partial charge in [-0.1, -0.05) is 12.1 Å². The molecule has 1 aliphatic rings. The predicted molar refractivity (Wildman–Crippen MR) is 100 cm³/mol. The minimum absolute atomic E-state index is 0.0993. The van der Waals surface area contributed by atoms with Gasteiger partial charge < -0.3 is 4.90 Å². The first-order valence-corrected chi connectivity index (χ1v) is 9.44. The first kappa shape index (κ1) is 16.7. The Kier molecular flexibility index (Phi) is 4.62. The van der Waals surface area contributed by atoms with Crippen molar-refractivity contribution in [3.05, 3.63) is 70.1 Å². The summed E-state index contributed by atoms with van der Waals surface area (Å²) in [6.07, 6.45) is 3.28. The maximum absolute atomic E-state index is 12.7. The number of hydrogen-bond donors (Lipinski definition) is 0. The van der Waals surface area contributed by atoms with E-state index in [0.29, 0.717) is 18.8 Å². The van der Waals surface area contributed by atoms with E-state index in [1.54, 1.807) is 52.8 Å². The molecule has 7 heteroatoms. The van der Waals surface area contributed by atoms with Crippen LogP contribution in [-0.4, -0.2) is 38.7 Å². The summed E-state index contributed by atoms with van der Waals surface area (Å²) in [6, 6.07) is 12.4. The molecular formula is C19H18N4O2S. The summed E-state index contributed by atoms with van der Waals surface area (Å²) in [5, 5.41) is 6.55. The van der Waals surface area contributed by atoms with Crippen LogP contribution in [0.2, 0.25) is 0 Å². The lowest BCUT2D eigenvalue weighted by Gasteiger charge is -2.32. The fraction of sp³-hybridized carbons (Fsp3) is 0.263. The number of amides is 1. The van der Waals surface area contributed by atoms with Crippen molar-refractivity contribution in [2.45, 2.75) is 18.9 Å². The van der Waals surface area contributed by atoms with Crippen LogP contribution in [0.5, 0.6) is 0 Å². The predicted octanol–water partition coefficient (Wildman–Crippen LogP) is 2.84. The van der Waals surface area contributed by atoms with Gasteiger partial charge in [-0.3, -0.25) is 14.6 Å². The van der Waals surface area contributed by atoms with Gasteiger partial charge in [-0.2, -0.15) is 5.10 Å². The number of carbonyl (C=O) groups excluding carboxylic acids is 1. The smallest absolute Gasteiger partial charge is 0.272 e. The van der Waals surface area contributed by atoms with E-state index in [1.807, 2.05) is 17.5 Å². The van der Waals surface area contributed by atoms with Gasteiger partial charge in [0.1, 0.15) is 11.4 Å². The number of nitrogens with zero attached hydrogens (tertiary/aromatic N) is 4. The van der Waals surface area contributed by atoms with Gasteiger partial charge in [0.05, 0.1) is 10.9 Å². The Morgan fingerprint density at radius 2 is 2.08 bits per heavy atom. The zero-order chi connectivity index (χ0) is 17.9. The Hall–Kier alpha value is -2.80. The van der Waals surface area contributed by atoms with Crippen molar-refractivity contribution < 1.29 is 4.79 Å². The van der Waals surface area contributed by atoms with Gasteiger partial charge in [0.15, 0.2) is 0 Å². The lowest BCUT2D eigenvalue weighted by atomic mass is 10.1. The maximum Gasteiger partial charge on any atom is 0.272 e. The number of hydrogen-bond acceptors (Lipinski definition) is 5. The molecule has 0 spiro atoms. The Balaban J connectivity index is 1.59. The maximum atomic E-state index is 12.7. The first-order valence-electron chi connectivity index (χ1n) is 8.56. The number of carbonyl (C=O) groups is 1. The van der Waals surface area contributed by atoms with Crippen molar-refractivity contribution in [1.29, 1.82) is 0 Å². The summed E-state index contributed by atoms with van der Waals surface area (Å²) >= 11 is 1.59. The Morgan fingerprint density at radius 3 is 2.85 bits per heavy atom. The van der Waals surface area contributed by atoms with E-state index in [4.69, 9.17) is 0 Å². The van der Waals surface area contributed by atoms with Crippen molar-refractivity contribution in [1.82, 2.24) is 19.7 Å². The number of thiophene rings is 1. The summed E-state index contributed by atoms with van der Waals surface area (Å²) in [5.74, 6) is -0.0993. The summed E-state index contributed by atoms with van der Waals surface area (Å²) in [7, 11) is 0. The monoisotopic (exact) mass is 366 g/mol. The Labute approximate surface area is 154 Å². The van der Waals surface area contributed by atoms with Crippen molar-refractivity contribution in [2.75, 3.05) is 13.1 Å². The highest BCUT2D eigenvalue weighted by molar-refractivity contribution is 7.13. The zero-order valence-electron chi connectivity index (χ0n) is 14.1. The van der Waals surface area contributed by atoms with E-state index in [2.05, 4.69) is 10.1 Å². The third kappa shape index (κ3) is 3.30. The highest BCUT2D eigenvalue weighted by Crippen LogP contribution is 2.24. The van der Waals surface area contributed by atoms with Gasteiger partial charge in [0.2, 0.25) is 0 Å². The molecule has 3 aromatic rings. The average molecular weight is 366 g/mol. The van der Waals surface area contributed by atoms with E-state index < -0.39 is 0 Å². The molecule has 6 nitrogen and oxygen atoms in total. The van der Waals surface area contributed by atoms with Gasteiger partial charge in [0.25, 0.3) is 11.5 Å². The second-order valence-corrected chi connectivity index (χ2v) is 7.19. The van der Waals surface area contributed by atoms with Crippen LogP contribution in [0, 0.1) is 0 Å². The third-order valence-electron chi connectivity index (χ3n) is 4.51. The second-order valence-electron chi connectivity index (χ2n) is 6.24. The van der Waals surface area contributed by atoms with Crippen LogP contribution in [0.4, 0.5) is 0 Å². The Bertz CT molecular complexity index is 953. The average Bonchev–Trinajstić information content (AvgIpc) is 3.23. The van der Waals surface area contributed by atoms with Crippen molar-refractivity contribution in [2.24, 2.45) is 0 Å². The van der Waals surface area contributed by atoms with Crippen LogP contribution in [0.1, 0.15) is 29.4 Å². The fourth-order valence-electron chi connectivity index (χ4n) is 3.23. The van der Waals surface area contributed by atoms with E-state index in [9.17, 15) is 9.59 Å². The molecule has 0 bridgehead atoms. The molecule has 4 rings (SSSR count). The molecule has 4 heterocycles. The molecule has 0 unspecified atom stereocenters. The molecule has 26 heavy (non-hydrogen) atoms. The molecule has 132 valence electrons. The SMILES string of the molecule is O=C(c1ccccn1)N1CCC[C@H](n2nc(-c3cccs3)ccc2=O)C1. The topological polar surface area (TPSA) is 68.1 Å². The van der Waals surface area contributed by atoms with E-state index in [-0.39, 0.29) is 17.5 Å². The van der Waals surface area contributed by atoms with Gasteiger partial charge >= 0.3 is 0 Å². The first-order chi connectivity index (χ1) is 12.7. The summed E-state index contributed by atoms with van der Waals surface area (Å²) < 4.78 is 1.53. The van der Waals surface area contributed by atoms with Crippen molar-refractivity contribution >= 4 is 17.2 Å². The van der Waals surface area contributed by atoms with Crippen LogP contribution in [0.25, 0.3) is 10.6 Å². The number of likely N-dealkylation sites (tertiary alicyclic amines) is 1. The molecule has 1 atom stereocenters. The van der Waals surface area contributed by atoms with Crippen LogP contribution in [0.3, 0.4) is 0 Å². The van der Waals surface area contributed by atoms with Gasteiger partial charge in [0, 0.05) is 25.4 Å². The minimum Gasteiger partial charge on any atom is -0.335 e. The number of rotatable bonds is 3. The van der Waals surface area contributed by atoms with Gasteiger partial charge in [-0.05, 0) is 42.5 Å². The van der Waals surface area contributed by atoms with Crippen LogP contribution >= 0.6 is 11.3 Å². The second kappa shape index (κ2) is 7.21. The molecule has 1 amide bonds. The quantitative estimate of drug-likeness (QED) is 0.715. The number of aromatic nitrogens is 3. The standard InChI is InChI=1S/C19H18N4O2S/c24-18-9-8-15(17-7-4-12-26-17)21-23(18)14-5-3-11-22(13-14)19(25)16-6-1-2-10-20-16/h1-2,4,6-10,12,14H,3,5,11,13H2/t14-/m0/s1. The molecule has 0 aliphatic carbocycles. The lowest BCUT2D eigenvalue weighted by molar-refractivity contribution is 0.0664. The largest absolute Gasteiger partial charge is 0.335 e. The number of pyridine rings is 1. The van der Waals surface area contributed by atoms with Crippen LogP contribution < -0.4 is 5.56 Å². The normalized spacial score (nSPS) is 17.2. The molecule has 3 aromatic heterocycles. The van der Waals surface area contributed by atoms with Crippen LogP contribution in [0.15, 0.2) is 58.8 Å². The van der Waals surface area contributed by atoms with Crippen molar-refractivity contribution in [3.8, 4) is 10.6 Å². The highest BCUT2D eigenvalue weighted by Gasteiger charge is 2.27. The fourth-order valence-corrected chi connectivity index (χ4v) is 3.92. The third-order valence-corrected chi connectivity index (χ3v) is 5.40. The molecule has 0 aromatic carbocycles. The van der Waals surface area contributed by atoms with Gasteiger partial charge in [-0.25, -0.2) is 4.68 Å². The summed E-state index contributed by atoms with van der Waals surface area (Å²) in [6.45, 7) is 1.14. The Morgan fingerprint density at radius 1 is 1.15 bits per heavy atom. The highest BCUT2D eigenvalue weighted by atomic mass is 32.1. The van der Waals surface area contributed by atoms with E-state index in [0.717, 1.165) is 23.4 Å². The lowest BCUT2D eigenvalue weighted by Crippen LogP contribution is -2.43. The molecular weight excluding hydrogens is 348 g/mol. The summed E-state index contributed by atoms with van der Waals surface area (Å²) in [5.41, 5.74) is 1.08. The molecule has 1 aliphatic heterocycles. The minimum atomic E-state index is -0.137. The molecule has 0 saturated carbocycles. The molecule has 0 N–H and O–H groups in total. The van der Waals surface area contributed by atoms with E-state index in [1.165, 1.54) is 4.68 Å². The zero-order valence-corrected chi connectivity index (χ0v) is 14.9. The van der Waals surface area contributed by atoms with Gasteiger partial charge in [-0.15, -0.1) is 11.3 Å². The van der Waals surface area contributed by atoms with E-state index >= 15 is 0 Å². The molecule has 1 fully saturated rings. The summed E-state index contributed by atoms with van der Waals surface area (Å²) in [4.78, 5) is 32.0. The molecule has 1 saturated heterocycles. The molecule has 0 radical (unpaired) electrons. The van der Waals surface area contributed by atoms with Crippen molar-refractivity contribution in [3.63, 3.8) is 0 Å².